The van der Waals surface area contributed by atoms with Crippen molar-refractivity contribution in [1.82, 2.24) is 10.2 Å². The lowest BCUT2D eigenvalue weighted by molar-refractivity contribution is -0.122. The second-order valence-electron chi connectivity index (χ2n) is 9.75. The van der Waals surface area contributed by atoms with Gasteiger partial charge in [-0.3, -0.25) is 9.69 Å². The smallest absolute Gasteiger partial charge is 0.223 e. The first-order valence-corrected chi connectivity index (χ1v) is 12.0. The summed E-state index contributed by atoms with van der Waals surface area (Å²) in [6.45, 7) is 5.98. The largest absolute Gasteiger partial charge is 0.493 e. The molecule has 5 rings (SSSR count). The Kier molecular flexibility index (Phi) is 5.99. The van der Waals surface area contributed by atoms with Gasteiger partial charge in [0, 0.05) is 25.6 Å². The highest BCUT2D eigenvalue weighted by Gasteiger charge is 2.30. The molecule has 31 heavy (non-hydrogen) atoms. The molecule has 4 nitrogen and oxygen atoms in total. The number of amides is 1. The van der Waals surface area contributed by atoms with E-state index in [0.717, 1.165) is 57.2 Å². The maximum absolute atomic E-state index is 12.0. The van der Waals surface area contributed by atoms with Crippen LogP contribution in [0.1, 0.15) is 67.3 Å². The van der Waals surface area contributed by atoms with Gasteiger partial charge in [0.1, 0.15) is 5.75 Å². The van der Waals surface area contributed by atoms with Gasteiger partial charge in [0.15, 0.2) is 0 Å². The molecule has 3 aliphatic rings. The maximum atomic E-state index is 12.0. The monoisotopic (exact) mass is 418 g/mol. The lowest BCUT2D eigenvalue weighted by Gasteiger charge is -2.29. The first-order chi connectivity index (χ1) is 15.1. The van der Waals surface area contributed by atoms with Crippen molar-refractivity contribution in [2.45, 2.75) is 64.6 Å². The zero-order valence-corrected chi connectivity index (χ0v) is 18.6. The van der Waals surface area contributed by atoms with E-state index < -0.39 is 0 Å². The Morgan fingerprint density at radius 1 is 1.10 bits per heavy atom. The van der Waals surface area contributed by atoms with Crippen LogP contribution in [0.25, 0.3) is 0 Å². The first-order valence-electron chi connectivity index (χ1n) is 12.0. The van der Waals surface area contributed by atoms with Gasteiger partial charge in [-0.25, -0.2) is 0 Å². The number of ether oxygens (including phenoxy) is 1. The summed E-state index contributed by atoms with van der Waals surface area (Å²) < 4.78 is 6.03. The van der Waals surface area contributed by atoms with Crippen LogP contribution >= 0.6 is 0 Å². The van der Waals surface area contributed by atoms with Crippen LogP contribution in [0.15, 0.2) is 42.5 Å². The fourth-order valence-electron chi connectivity index (χ4n) is 4.62. The summed E-state index contributed by atoms with van der Waals surface area (Å²) in [5, 5.41) is 3.14. The lowest BCUT2D eigenvalue weighted by Crippen LogP contribution is -2.30. The van der Waals surface area contributed by atoms with Crippen LogP contribution in [0.5, 0.6) is 5.75 Å². The normalized spacial score (nSPS) is 19.9. The molecule has 2 aliphatic carbocycles. The van der Waals surface area contributed by atoms with Gasteiger partial charge in [0.25, 0.3) is 0 Å². The van der Waals surface area contributed by atoms with Gasteiger partial charge in [-0.1, -0.05) is 36.8 Å². The SMILES string of the molecule is C[C@H](NC(=O)C1CC1)c1ccc(CN2CCc3cc(OCC4CCC4)ccc3C2)cc1. The summed E-state index contributed by atoms with van der Waals surface area (Å²) >= 11 is 0. The molecule has 0 unspecified atom stereocenters. The summed E-state index contributed by atoms with van der Waals surface area (Å²) in [7, 11) is 0. The van der Waals surface area contributed by atoms with Crippen LogP contribution in [-0.2, 0) is 24.3 Å². The molecule has 4 heteroatoms. The summed E-state index contributed by atoms with van der Waals surface area (Å²) in [6, 6.07) is 15.5. The molecule has 0 aromatic heterocycles. The van der Waals surface area contributed by atoms with Crippen molar-refractivity contribution >= 4 is 5.91 Å². The van der Waals surface area contributed by atoms with Crippen LogP contribution in [0, 0.1) is 11.8 Å². The molecule has 1 atom stereocenters. The second kappa shape index (κ2) is 9.04. The number of carbonyl (C=O) groups is 1. The highest BCUT2D eigenvalue weighted by atomic mass is 16.5. The average molecular weight is 419 g/mol. The average Bonchev–Trinajstić information content (AvgIpc) is 3.59. The molecule has 1 aliphatic heterocycles. The van der Waals surface area contributed by atoms with Crippen molar-refractivity contribution in [3.63, 3.8) is 0 Å². The van der Waals surface area contributed by atoms with E-state index in [0.29, 0.717) is 0 Å². The van der Waals surface area contributed by atoms with Gasteiger partial charge in [-0.05, 0) is 79.3 Å². The summed E-state index contributed by atoms with van der Waals surface area (Å²) in [5.41, 5.74) is 5.37. The Morgan fingerprint density at radius 3 is 2.61 bits per heavy atom. The Hall–Kier alpha value is -2.33. The van der Waals surface area contributed by atoms with E-state index in [1.807, 2.05) is 0 Å². The van der Waals surface area contributed by atoms with Crippen molar-refractivity contribution in [2.75, 3.05) is 13.2 Å². The van der Waals surface area contributed by atoms with Gasteiger partial charge in [0.2, 0.25) is 5.91 Å². The Morgan fingerprint density at radius 2 is 1.90 bits per heavy atom. The van der Waals surface area contributed by atoms with E-state index in [1.165, 1.54) is 41.5 Å². The molecule has 0 radical (unpaired) electrons. The molecule has 0 bridgehead atoms. The Balaban J connectivity index is 1.14. The van der Waals surface area contributed by atoms with E-state index in [1.54, 1.807) is 0 Å². The van der Waals surface area contributed by atoms with E-state index in [-0.39, 0.29) is 17.9 Å². The molecule has 1 amide bonds. The molecule has 1 N–H and O–H groups in total. The number of fused-ring (bicyclic) bond motifs is 1. The third-order valence-electron chi connectivity index (χ3n) is 7.17. The highest BCUT2D eigenvalue weighted by Crippen LogP contribution is 2.30. The molecule has 0 spiro atoms. The first kappa shape index (κ1) is 20.6. The number of carbonyl (C=O) groups excluding carboxylic acids is 1. The molecule has 2 aromatic carbocycles. The zero-order chi connectivity index (χ0) is 21.2. The zero-order valence-electron chi connectivity index (χ0n) is 18.6. The van der Waals surface area contributed by atoms with Crippen LogP contribution in [0.2, 0.25) is 0 Å². The highest BCUT2D eigenvalue weighted by molar-refractivity contribution is 5.81. The number of hydrogen-bond donors (Lipinski definition) is 1. The number of nitrogens with one attached hydrogen (secondary N) is 1. The standard InChI is InChI=1S/C27H34N2O2/c1-19(28-27(30)23-9-10-23)22-7-5-20(6-8-22)16-29-14-13-24-15-26(12-11-25(24)17-29)31-18-21-3-2-4-21/h5-8,11-12,15,19,21,23H,2-4,9-10,13-14,16-18H2,1H3,(H,28,30)/t19-/m0/s1. The predicted molar refractivity (Wildman–Crippen MR) is 123 cm³/mol. The molecule has 2 saturated carbocycles. The molecule has 2 fully saturated rings. The van der Waals surface area contributed by atoms with Crippen molar-refractivity contribution < 1.29 is 9.53 Å². The van der Waals surface area contributed by atoms with Crippen LogP contribution < -0.4 is 10.1 Å². The number of nitrogens with zero attached hydrogens (tertiary/aromatic N) is 1. The van der Waals surface area contributed by atoms with Gasteiger partial charge < -0.3 is 10.1 Å². The number of hydrogen-bond acceptors (Lipinski definition) is 3. The molecule has 0 saturated heterocycles. The molecular formula is C27H34N2O2. The summed E-state index contributed by atoms with van der Waals surface area (Å²) in [4.78, 5) is 14.5. The fraction of sp³-hybridized carbons (Fsp3) is 0.519. The fourth-order valence-corrected chi connectivity index (χ4v) is 4.62. The molecule has 2 aromatic rings. The minimum atomic E-state index is 0.0738. The number of benzene rings is 2. The topological polar surface area (TPSA) is 41.6 Å². The minimum Gasteiger partial charge on any atom is -0.493 e. The molecule has 1 heterocycles. The van der Waals surface area contributed by atoms with E-state index in [9.17, 15) is 4.79 Å². The molecular weight excluding hydrogens is 384 g/mol. The second-order valence-corrected chi connectivity index (χ2v) is 9.75. The minimum absolute atomic E-state index is 0.0738. The number of rotatable bonds is 8. The van der Waals surface area contributed by atoms with Crippen molar-refractivity contribution in [3.05, 3.63) is 64.7 Å². The van der Waals surface area contributed by atoms with E-state index in [4.69, 9.17) is 4.74 Å². The molecule has 164 valence electrons. The maximum Gasteiger partial charge on any atom is 0.223 e. The third kappa shape index (κ3) is 5.12. The van der Waals surface area contributed by atoms with Crippen LogP contribution in [0.4, 0.5) is 0 Å². The Labute approximate surface area is 186 Å². The lowest BCUT2D eigenvalue weighted by atomic mass is 9.86. The van der Waals surface area contributed by atoms with E-state index in [2.05, 4.69) is 59.6 Å². The quantitative estimate of drug-likeness (QED) is 0.655. The van der Waals surface area contributed by atoms with Crippen molar-refractivity contribution in [2.24, 2.45) is 11.8 Å². The van der Waals surface area contributed by atoms with Crippen molar-refractivity contribution in [3.8, 4) is 5.75 Å². The van der Waals surface area contributed by atoms with Gasteiger partial charge in [0.05, 0.1) is 12.6 Å². The van der Waals surface area contributed by atoms with Crippen molar-refractivity contribution in [1.29, 1.82) is 0 Å². The predicted octanol–water partition coefficient (Wildman–Crippen LogP) is 5.01. The summed E-state index contributed by atoms with van der Waals surface area (Å²) in [5.74, 6) is 2.28. The van der Waals surface area contributed by atoms with Gasteiger partial charge in [-0.15, -0.1) is 0 Å². The van der Waals surface area contributed by atoms with Gasteiger partial charge >= 0.3 is 0 Å². The van der Waals surface area contributed by atoms with E-state index >= 15 is 0 Å². The van der Waals surface area contributed by atoms with Crippen LogP contribution in [0.3, 0.4) is 0 Å². The third-order valence-corrected chi connectivity index (χ3v) is 7.17. The summed E-state index contributed by atoms with van der Waals surface area (Å²) in [6.07, 6.45) is 7.20. The Bertz CT molecular complexity index is 915. The van der Waals surface area contributed by atoms with Crippen LogP contribution in [-0.4, -0.2) is 24.0 Å². The van der Waals surface area contributed by atoms with Gasteiger partial charge in [-0.2, -0.15) is 0 Å².